The average molecular weight is 292 g/mol. The predicted molar refractivity (Wildman–Crippen MR) is 78.9 cm³/mol. The van der Waals surface area contributed by atoms with Crippen molar-refractivity contribution in [3.63, 3.8) is 0 Å². The molecule has 0 atom stereocenters. The van der Waals surface area contributed by atoms with Crippen LogP contribution in [0.15, 0.2) is 29.6 Å². The normalized spacial score (nSPS) is 10.2. The fourth-order valence-electron chi connectivity index (χ4n) is 1.82. The Bertz CT molecular complexity index is 600. The molecule has 0 aliphatic rings. The van der Waals surface area contributed by atoms with E-state index in [0.29, 0.717) is 11.6 Å². The molecule has 0 fully saturated rings. The highest BCUT2D eigenvalue weighted by molar-refractivity contribution is 7.11. The first kappa shape index (κ1) is 14.3. The molecule has 0 aliphatic carbocycles. The lowest BCUT2D eigenvalue weighted by Gasteiger charge is -2.20. The molecule has 3 N–H and O–H groups in total. The SMILES string of the molecule is COc1ccccc1N(C)Cc1csc(C(=O)NN)n1. The third-order valence-corrected chi connectivity index (χ3v) is 3.66. The van der Waals surface area contributed by atoms with Crippen molar-refractivity contribution in [1.29, 1.82) is 0 Å². The molecular formula is C13H16N4O2S. The largest absolute Gasteiger partial charge is 0.495 e. The number of nitrogens with zero attached hydrogens (tertiary/aromatic N) is 2. The van der Waals surface area contributed by atoms with Crippen molar-refractivity contribution in [2.75, 3.05) is 19.1 Å². The zero-order valence-corrected chi connectivity index (χ0v) is 12.1. The number of nitrogen functional groups attached to an aromatic ring is 1. The van der Waals surface area contributed by atoms with Gasteiger partial charge in [0, 0.05) is 12.4 Å². The number of ether oxygens (including phenoxy) is 1. The van der Waals surface area contributed by atoms with Crippen molar-refractivity contribution in [1.82, 2.24) is 10.4 Å². The van der Waals surface area contributed by atoms with Gasteiger partial charge in [0.05, 0.1) is 25.0 Å². The number of methoxy groups -OCH3 is 1. The standard InChI is InChI=1S/C13H16N4O2S/c1-17(10-5-3-4-6-11(10)19-2)7-9-8-20-13(15-9)12(18)16-14/h3-6,8H,7,14H2,1-2H3,(H,16,18). The summed E-state index contributed by atoms with van der Waals surface area (Å²) >= 11 is 1.27. The van der Waals surface area contributed by atoms with Crippen LogP contribution in [-0.2, 0) is 6.54 Å². The van der Waals surface area contributed by atoms with Gasteiger partial charge in [-0.25, -0.2) is 10.8 Å². The molecule has 1 aromatic heterocycles. The van der Waals surface area contributed by atoms with E-state index in [9.17, 15) is 4.79 Å². The highest BCUT2D eigenvalue weighted by Crippen LogP contribution is 2.27. The van der Waals surface area contributed by atoms with Gasteiger partial charge in [0.1, 0.15) is 5.75 Å². The van der Waals surface area contributed by atoms with Gasteiger partial charge in [0.15, 0.2) is 5.01 Å². The topological polar surface area (TPSA) is 80.5 Å². The maximum Gasteiger partial charge on any atom is 0.294 e. The van der Waals surface area contributed by atoms with Crippen molar-refractivity contribution in [3.05, 3.63) is 40.3 Å². The van der Waals surface area contributed by atoms with Gasteiger partial charge < -0.3 is 9.64 Å². The third-order valence-electron chi connectivity index (χ3n) is 2.77. The molecule has 20 heavy (non-hydrogen) atoms. The number of nitrogens with one attached hydrogen (secondary N) is 1. The van der Waals surface area contributed by atoms with Crippen LogP contribution in [0.5, 0.6) is 5.75 Å². The Morgan fingerprint density at radius 2 is 2.25 bits per heavy atom. The molecule has 0 spiro atoms. The Labute approximate surface area is 121 Å². The zero-order chi connectivity index (χ0) is 14.5. The monoisotopic (exact) mass is 292 g/mol. The van der Waals surface area contributed by atoms with Gasteiger partial charge in [-0.3, -0.25) is 10.2 Å². The number of carbonyl (C=O) groups is 1. The van der Waals surface area contributed by atoms with E-state index in [2.05, 4.69) is 10.4 Å². The summed E-state index contributed by atoms with van der Waals surface area (Å²) in [5.41, 5.74) is 3.85. The van der Waals surface area contributed by atoms with Crippen LogP contribution in [0.3, 0.4) is 0 Å². The van der Waals surface area contributed by atoms with Crippen LogP contribution in [0, 0.1) is 0 Å². The first-order chi connectivity index (χ1) is 9.65. The average Bonchev–Trinajstić information content (AvgIpc) is 2.94. The minimum atomic E-state index is -0.374. The highest BCUT2D eigenvalue weighted by Gasteiger charge is 2.12. The molecule has 0 saturated carbocycles. The smallest absolute Gasteiger partial charge is 0.294 e. The molecule has 1 heterocycles. The Morgan fingerprint density at radius 3 is 2.95 bits per heavy atom. The number of thiazole rings is 1. The predicted octanol–water partition coefficient (Wildman–Crippen LogP) is 1.39. The summed E-state index contributed by atoms with van der Waals surface area (Å²) in [6, 6.07) is 7.74. The fourth-order valence-corrected chi connectivity index (χ4v) is 2.53. The zero-order valence-electron chi connectivity index (χ0n) is 11.3. The maximum atomic E-state index is 11.4. The molecular weight excluding hydrogens is 276 g/mol. The van der Waals surface area contributed by atoms with Crippen LogP contribution in [0.2, 0.25) is 0 Å². The van der Waals surface area contributed by atoms with Crippen LogP contribution in [0.25, 0.3) is 0 Å². The molecule has 7 heteroatoms. The highest BCUT2D eigenvalue weighted by atomic mass is 32.1. The van der Waals surface area contributed by atoms with E-state index in [4.69, 9.17) is 10.6 Å². The lowest BCUT2D eigenvalue weighted by molar-refractivity contribution is 0.0953. The number of aromatic nitrogens is 1. The Kier molecular flexibility index (Phi) is 4.54. The Morgan fingerprint density at radius 1 is 1.50 bits per heavy atom. The van der Waals surface area contributed by atoms with Crippen molar-refractivity contribution in [2.45, 2.75) is 6.54 Å². The lowest BCUT2D eigenvalue weighted by atomic mass is 10.2. The van der Waals surface area contributed by atoms with Crippen LogP contribution < -0.4 is 20.9 Å². The van der Waals surface area contributed by atoms with Crippen molar-refractivity contribution in [3.8, 4) is 5.75 Å². The van der Waals surface area contributed by atoms with Gasteiger partial charge in [-0.05, 0) is 12.1 Å². The van der Waals surface area contributed by atoms with Crippen LogP contribution in [0.1, 0.15) is 15.5 Å². The van der Waals surface area contributed by atoms with Gasteiger partial charge in [0.2, 0.25) is 0 Å². The van der Waals surface area contributed by atoms with Gasteiger partial charge in [-0.1, -0.05) is 12.1 Å². The minimum Gasteiger partial charge on any atom is -0.495 e. The van der Waals surface area contributed by atoms with E-state index < -0.39 is 0 Å². The molecule has 0 saturated heterocycles. The number of para-hydroxylation sites is 2. The van der Waals surface area contributed by atoms with E-state index in [-0.39, 0.29) is 5.91 Å². The van der Waals surface area contributed by atoms with Gasteiger partial charge in [0.25, 0.3) is 5.91 Å². The molecule has 2 aromatic rings. The molecule has 0 aliphatic heterocycles. The molecule has 106 valence electrons. The quantitative estimate of drug-likeness (QED) is 0.494. The second-order valence-electron chi connectivity index (χ2n) is 4.15. The fraction of sp³-hybridized carbons (Fsp3) is 0.231. The van der Waals surface area contributed by atoms with E-state index in [1.165, 1.54) is 11.3 Å². The van der Waals surface area contributed by atoms with Gasteiger partial charge >= 0.3 is 0 Å². The molecule has 6 nitrogen and oxygen atoms in total. The number of hydrazine groups is 1. The van der Waals surface area contributed by atoms with Crippen molar-refractivity contribution >= 4 is 22.9 Å². The lowest BCUT2D eigenvalue weighted by Crippen LogP contribution is -2.30. The van der Waals surface area contributed by atoms with E-state index in [1.807, 2.05) is 41.6 Å². The minimum absolute atomic E-state index is 0.357. The van der Waals surface area contributed by atoms with Crippen LogP contribution in [0.4, 0.5) is 5.69 Å². The van der Waals surface area contributed by atoms with E-state index in [1.54, 1.807) is 7.11 Å². The first-order valence-corrected chi connectivity index (χ1v) is 6.83. The molecule has 0 radical (unpaired) electrons. The molecule has 2 rings (SSSR count). The molecule has 0 unspecified atom stereocenters. The van der Waals surface area contributed by atoms with Gasteiger partial charge in [-0.2, -0.15) is 0 Å². The summed E-state index contributed by atoms with van der Waals surface area (Å²) in [6.45, 7) is 0.578. The van der Waals surface area contributed by atoms with Crippen molar-refractivity contribution in [2.24, 2.45) is 5.84 Å². The summed E-state index contributed by atoms with van der Waals surface area (Å²) in [7, 11) is 3.58. The number of anilines is 1. The number of hydrogen-bond donors (Lipinski definition) is 2. The number of benzene rings is 1. The van der Waals surface area contributed by atoms with E-state index in [0.717, 1.165) is 17.1 Å². The van der Waals surface area contributed by atoms with Crippen LogP contribution in [-0.4, -0.2) is 25.0 Å². The summed E-state index contributed by atoms with van der Waals surface area (Å²) in [5.74, 6) is 5.51. The number of nitrogens with two attached hydrogens (primary N) is 1. The Hall–Kier alpha value is -2.12. The number of rotatable bonds is 5. The second-order valence-corrected chi connectivity index (χ2v) is 5.00. The first-order valence-electron chi connectivity index (χ1n) is 5.95. The van der Waals surface area contributed by atoms with Crippen molar-refractivity contribution < 1.29 is 9.53 Å². The number of hydrogen-bond acceptors (Lipinski definition) is 6. The summed E-state index contributed by atoms with van der Waals surface area (Å²) < 4.78 is 5.32. The van der Waals surface area contributed by atoms with Gasteiger partial charge in [-0.15, -0.1) is 11.3 Å². The molecule has 1 aromatic carbocycles. The summed E-state index contributed by atoms with van der Waals surface area (Å²) in [5, 5.41) is 2.20. The third kappa shape index (κ3) is 3.06. The number of carbonyl (C=O) groups excluding carboxylic acids is 1. The Balaban J connectivity index is 2.13. The second kappa shape index (κ2) is 6.36. The van der Waals surface area contributed by atoms with Crippen LogP contribution >= 0.6 is 11.3 Å². The molecule has 1 amide bonds. The summed E-state index contributed by atoms with van der Waals surface area (Å²) in [6.07, 6.45) is 0. The molecule has 0 bridgehead atoms. The number of amides is 1. The summed E-state index contributed by atoms with van der Waals surface area (Å²) in [4.78, 5) is 17.6. The van der Waals surface area contributed by atoms with E-state index >= 15 is 0 Å². The maximum absolute atomic E-state index is 11.4.